The lowest BCUT2D eigenvalue weighted by Crippen LogP contribution is -2.01. The van der Waals surface area contributed by atoms with Crippen LogP contribution >= 0.6 is 0 Å². The van der Waals surface area contributed by atoms with Gasteiger partial charge in [-0.1, -0.05) is 0 Å². The first kappa shape index (κ1) is 14.6. The summed E-state index contributed by atoms with van der Waals surface area (Å²) in [6.45, 7) is 2.29. The van der Waals surface area contributed by atoms with Crippen LogP contribution in [0.25, 0.3) is 0 Å². The standard InChI is InChI=1S/C14H15NO4/c1-3-18-14(16)5-4-8-19-12-7-6-11(10-15)9-13(12)17-2/h4-7,9H,3,8H2,1-2H3/b5-4+. The highest BCUT2D eigenvalue weighted by Crippen LogP contribution is 2.27. The summed E-state index contributed by atoms with van der Waals surface area (Å²) >= 11 is 0. The van der Waals surface area contributed by atoms with E-state index in [1.165, 1.54) is 13.2 Å². The minimum absolute atomic E-state index is 0.209. The highest BCUT2D eigenvalue weighted by atomic mass is 16.5. The van der Waals surface area contributed by atoms with Gasteiger partial charge in [-0.2, -0.15) is 5.26 Å². The molecular formula is C14H15NO4. The molecule has 0 atom stereocenters. The number of ether oxygens (including phenoxy) is 3. The third-order valence-electron chi connectivity index (χ3n) is 2.17. The Morgan fingerprint density at radius 1 is 1.42 bits per heavy atom. The van der Waals surface area contributed by atoms with Crippen LogP contribution in [0.3, 0.4) is 0 Å². The molecule has 0 heterocycles. The molecule has 0 saturated heterocycles. The van der Waals surface area contributed by atoms with E-state index in [1.54, 1.807) is 31.2 Å². The third-order valence-corrected chi connectivity index (χ3v) is 2.17. The maximum absolute atomic E-state index is 11.0. The van der Waals surface area contributed by atoms with Crippen molar-refractivity contribution in [1.29, 1.82) is 5.26 Å². The summed E-state index contributed by atoms with van der Waals surface area (Å²) in [6.07, 6.45) is 2.86. The van der Waals surface area contributed by atoms with Crippen LogP contribution in [0.4, 0.5) is 0 Å². The van der Waals surface area contributed by atoms with E-state index in [1.807, 2.05) is 6.07 Å². The van der Waals surface area contributed by atoms with Crippen molar-refractivity contribution in [2.45, 2.75) is 6.92 Å². The molecule has 0 fully saturated rings. The minimum atomic E-state index is -0.405. The normalized spacial score (nSPS) is 9.95. The molecule has 0 aliphatic carbocycles. The summed E-state index contributed by atoms with van der Waals surface area (Å²) in [4.78, 5) is 11.0. The van der Waals surface area contributed by atoms with Crippen molar-refractivity contribution >= 4 is 5.97 Å². The van der Waals surface area contributed by atoms with E-state index in [4.69, 9.17) is 19.5 Å². The number of methoxy groups -OCH3 is 1. The molecule has 5 heteroatoms. The van der Waals surface area contributed by atoms with E-state index in [9.17, 15) is 4.79 Å². The summed E-state index contributed by atoms with van der Waals surface area (Å²) in [5, 5.41) is 8.77. The fourth-order valence-electron chi connectivity index (χ4n) is 1.33. The van der Waals surface area contributed by atoms with Gasteiger partial charge in [0.1, 0.15) is 6.61 Å². The van der Waals surface area contributed by atoms with Crippen LogP contribution in [-0.2, 0) is 9.53 Å². The SMILES string of the molecule is CCOC(=O)/C=C/COc1ccc(C#N)cc1OC. The second-order valence-corrected chi connectivity index (χ2v) is 3.44. The molecule has 0 aliphatic rings. The van der Waals surface area contributed by atoms with E-state index in [0.717, 1.165) is 0 Å². The zero-order valence-electron chi connectivity index (χ0n) is 10.9. The molecule has 0 bridgehead atoms. The van der Waals surface area contributed by atoms with Crippen LogP contribution in [0.15, 0.2) is 30.4 Å². The van der Waals surface area contributed by atoms with Crippen molar-refractivity contribution in [3.05, 3.63) is 35.9 Å². The van der Waals surface area contributed by atoms with Gasteiger partial charge in [-0.25, -0.2) is 4.79 Å². The fourth-order valence-corrected chi connectivity index (χ4v) is 1.33. The Morgan fingerprint density at radius 3 is 2.84 bits per heavy atom. The summed E-state index contributed by atoms with van der Waals surface area (Å²) in [5.74, 6) is 0.580. The van der Waals surface area contributed by atoms with E-state index < -0.39 is 5.97 Å². The van der Waals surface area contributed by atoms with E-state index in [0.29, 0.717) is 23.7 Å². The van der Waals surface area contributed by atoms with Crippen molar-refractivity contribution in [1.82, 2.24) is 0 Å². The lowest BCUT2D eigenvalue weighted by atomic mass is 10.2. The molecule has 5 nitrogen and oxygen atoms in total. The van der Waals surface area contributed by atoms with E-state index >= 15 is 0 Å². The van der Waals surface area contributed by atoms with Gasteiger partial charge in [0, 0.05) is 12.1 Å². The zero-order valence-corrected chi connectivity index (χ0v) is 10.9. The van der Waals surface area contributed by atoms with Crippen molar-refractivity contribution in [2.75, 3.05) is 20.3 Å². The molecule has 0 amide bonds. The molecule has 1 aromatic rings. The van der Waals surface area contributed by atoms with Crippen LogP contribution < -0.4 is 9.47 Å². The van der Waals surface area contributed by atoms with Crippen LogP contribution in [0, 0.1) is 11.3 Å². The molecular weight excluding hydrogens is 246 g/mol. The highest BCUT2D eigenvalue weighted by molar-refractivity contribution is 5.81. The lowest BCUT2D eigenvalue weighted by molar-refractivity contribution is -0.137. The Bertz CT molecular complexity index is 503. The molecule has 0 saturated carbocycles. The number of esters is 1. The Kier molecular flexibility index (Phi) is 5.96. The quantitative estimate of drug-likeness (QED) is 0.579. The number of hydrogen-bond donors (Lipinski definition) is 0. The van der Waals surface area contributed by atoms with Gasteiger partial charge >= 0.3 is 5.97 Å². The molecule has 0 aliphatic heterocycles. The van der Waals surface area contributed by atoms with Crippen molar-refractivity contribution in [2.24, 2.45) is 0 Å². The van der Waals surface area contributed by atoms with E-state index in [-0.39, 0.29) is 6.61 Å². The van der Waals surface area contributed by atoms with Gasteiger partial charge in [0.25, 0.3) is 0 Å². The minimum Gasteiger partial charge on any atom is -0.493 e. The van der Waals surface area contributed by atoms with Gasteiger partial charge in [0.15, 0.2) is 11.5 Å². The highest BCUT2D eigenvalue weighted by Gasteiger charge is 2.04. The first-order chi connectivity index (χ1) is 9.21. The van der Waals surface area contributed by atoms with Crippen molar-refractivity contribution < 1.29 is 19.0 Å². The predicted molar refractivity (Wildman–Crippen MR) is 69.0 cm³/mol. The van der Waals surface area contributed by atoms with Crippen molar-refractivity contribution in [3.8, 4) is 17.6 Å². The van der Waals surface area contributed by atoms with Gasteiger partial charge < -0.3 is 14.2 Å². The van der Waals surface area contributed by atoms with Gasteiger partial charge in [-0.05, 0) is 25.1 Å². The Labute approximate surface area is 112 Å². The maximum Gasteiger partial charge on any atom is 0.330 e. The molecule has 1 aromatic carbocycles. The molecule has 0 radical (unpaired) electrons. The van der Waals surface area contributed by atoms with Gasteiger partial charge in [0.05, 0.1) is 25.3 Å². The maximum atomic E-state index is 11.0. The van der Waals surface area contributed by atoms with Gasteiger partial charge in [-0.3, -0.25) is 0 Å². The first-order valence-electron chi connectivity index (χ1n) is 5.75. The number of nitriles is 1. The average Bonchev–Trinajstić information content (AvgIpc) is 2.44. The second kappa shape index (κ2) is 7.77. The summed E-state index contributed by atoms with van der Waals surface area (Å²) in [5.41, 5.74) is 0.492. The van der Waals surface area contributed by atoms with Crippen LogP contribution in [0.1, 0.15) is 12.5 Å². The van der Waals surface area contributed by atoms with Crippen LogP contribution in [0.2, 0.25) is 0 Å². The van der Waals surface area contributed by atoms with E-state index in [2.05, 4.69) is 0 Å². The summed E-state index contributed by atoms with van der Waals surface area (Å²) in [6, 6.07) is 6.88. The molecule has 0 N–H and O–H groups in total. The number of benzene rings is 1. The Balaban J connectivity index is 2.58. The molecule has 1 rings (SSSR count). The van der Waals surface area contributed by atoms with Gasteiger partial charge in [0.2, 0.25) is 0 Å². The monoisotopic (exact) mass is 261 g/mol. The Morgan fingerprint density at radius 2 is 2.21 bits per heavy atom. The number of nitrogens with zero attached hydrogens (tertiary/aromatic N) is 1. The number of rotatable bonds is 6. The largest absolute Gasteiger partial charge is 0.493 e. The molecule has 100 valence electrons. The van der Waals surface area contributed by atoms with Crippen LogP contribution in [0.5, 0.6) is 11.5 Å². The second-order valence-electron chi connectivity index (χ2n) is 3.44. The summed E-state index contributed by atoms with van der Waals surface area (Å²) in [7, 11) is 1.50. The molecule has 0 spiro atoms. The first-order valence-corrected chi connectivity index (χ1v) is 5.75. The van der Waals surface area contributed by atoms with Gasteiger partial charge in [-0.15, -0.1) is 0 Å². The number of carbonyl (C=O) groups is 1. The Hall–Kier alpha value is -2.48. The predicted octanol–water partition coefficient (Wildman–Crippen LogP) is 2.06. The number of hydrogen-bond acceptors (Lipinski definition) is 5. The lowest BCUT2D eigenvalue weighted by Gasteiger charge is -2.08. The van der Waals surface area contributed by atoms with Crippen molar-refractivity contribution in [3.63, 3.8) is 0 Å². The molecule has 0 unspecified atom stereocenters. The smallest absolute Gasteiger partial charge is 0.330 e. The zero-order chi connectivity index (χ0) is 14.1. The molecule has 19 heavy (non-hydrogen) atoms. The average molecular weight is 261 g/mol. The van der Waals surface area contributed by atoms with Crippen LogP contribution in [-0.4, -0.2) is 26.3 Å². The number of carbonyl (C=O) groups excluding carboxylic acids is 1. The molecule has 0 aromatic heterocycles. The summed E-state index contributed by atoms with van der Waals surface area (Å²) < 4.78 is 15.3. The topological polar surface area (TPSA) is 68.5 Å². The fraction of sp³-hybridized carbons (Fsp3) is 0.286. The third kappa shape index (κ3) is 4.72.